The van der Waals surface area contributed by atoms with Crippen molar-refractivity contribution in [1.29, 1.82) is 5.26 Å². The molecule has 2 rings (SSSR count). The van der Waals surface area contributed by atoms with Gasteiger partial charge in [0.2, 0.25) is 0 Å². The number of fused-ring (bicyclic) bond motifs is 1. The molecule has 1 aromatic heterocycles. The van der Waals surface area contributed by atoms with Crippen LogP contribution in [-0.4, -0.2) is 10.8 Å². The van der Waals surface area contributed by atoms with E-state index in [1.807, 2.05) is 30.3 Å². The van der Waals surface area contributed by atoms with Crippen LogP contribution in [0, 0.1) is 17.2 Å². The Morgan fingerprint density at radius 3 is 2.94 bits per heavy atom. The smallest absolute Gasteiger partial charge is 0.168 e. The van der Waals surface area contributed by atoms with Gasteiger partial charge in [-0.3, -0.25) is 9.78 Å². The van der Waals surface area contributed by atoms with Gasteiger partial charge < -0.3 is 0 Å². The van der Waals surface area contributed by atoms with Gasteiger partial charge in [-0.25, -0.2) is 0 Å². The van der Waals surface area contributed by atoms with E-state index in [2.05, 4.69) is 4.98 Å². The highest BCUT2D eigenvalue weighted by atomic mass is 16.1. The third-order valence-corrected chi connectivity index (χ3v) is 2.78. The van der Waals surface area contributed by atoms with E-state index in [-0.39, 0.29) is 18.1 Å². The molecule has 1 unspecified atom stereocenters. The fourth-order valence-corrected chi connectivity index (χ4v) is 1.81. The fourth-order valence-electron chi connectivity index (χ4n) is 1.81. The zero-order chi connectivity index (χ0) is 12.3. The summed E-state index contributed by atoms with van der Waals surface area (Å²) in [5, 5.41) is 10.5. The molecule has 1 heterocycles. The second kappa shape index (κ2) is 4.75. The van der Waals surface area contributed by atoms with Gasteiger partial charge in [-0.15, -0.1) is 0 Å². The zero-order valence-corrected chi connectivity index (χ0v) is 9.55. The number of aromatic nitrogens is 1. The lowest BCUT2D eigenvalue weighted by Gasteiger charge is -2.08. The Morgan fingerprint density at radius 2 is 2.18 bits per heavy atom. The number of nitrogens with zero attached hydrogens (tertiary/aromatic N) is 2. The molecule has 0 spiro atoms. The van der Waals surface area contributed by atoms with Gasteiger partial charge in [0.15, 0.2) is 5.78 Å². The molecule has 2 aromatic rings. The largest absolute Gasteiger partial charge is 0.294 e. The third-order valence-electron chi connectivity index (χ3n) is 2.78. The molecule has 17 heavy (non-hydrogen) atoms. The van der Waals surface area contributed by atoms with E-state index in [0.717, 1.165) is 10.8 Å². The molecular formula is C14H12N2O. The standard InChI is InChI=1S/C14H12N2O/c1-10(6-7-15)14(17)13-9-16-8-11-4-2-3-5-12(11)13/h2-5,8-10H,6H2,1H3. The van der Waals surface area contributed by atoms with E-state index in [0.29, 0.717) is 5.56 Å². The molecule has 0 N–H and O–H groups in total. The summed E-state index contributed by atoms with van der Waals surface area (Å²) in [6, 6.07) is 9.67. The number of rotatable bonds is 3. The number of carbonyl (C=O) groups excluding carboxylic acids is 1. The quantitative estimate of drug-likeness (QED) is 0.753. The first kappa shape index (κ1) is 11.3. The maximum absolute atomic E-state index is 12.2. The number of nitriles is 1. The maximum atomic E-state index is 12.2. The van der Waals surface area contributed by atoms with Gasteiger partial charge in [0.1, 0.15) is 0 Å². The van der Waals surface area contributed by atoms with Gasteiger partial charge >= 0.3 is 0 Å². The van der Waals surface area contributed by atoms with Crippen molar-refractivity contribution in [3.63, 3.8) is 0 Å². The minimum atomic E-state index is -0.285. The van der Waals surface area contributed by atoms with E-state index in [1.165, 1.54) is 0 Å². The molecule has 0 bridgehead atoms. The average Bonchev–Trinajstić information content (AvgIpc) is 2.37. The van der Waals surface area contributed by atoms with E-state index >= 15 is 0 Å². The van der Waals surface area contributed by atoms with Crippen molar-refractivity contribution >= 4 is 16.6 Å². The van der Waals surface area contributed by atoms with Crippen molar-refractivity contribution in [3.05, 3.63) is 42.2 Å². The summed E-state index contributed by atoms with van der Waals surface area (Å²) in [5.74, 6) is -0.302. The molecule has 1 atom stereocenters. The number of ketones is 1. The van der Waals surface area contributed by atoms with Crippen molar-refractivity contribution in [2.45, 2.75) is 13.3 Å². The molecule has 84 valence electrons. The molecule has 0 radical (unpaired) electrons. The third kappa shape index (κ3) is 2.16. The Labute approximate surface area is 99.7 Å². The number of Topliss-reactive ketones (excluding diaryl/α,β-unsaturated/α-hetero) is 1. The van der Waals surface area contributed by atoms with E-state index in [1.54, 1.807) is 19.3 Å². The number of hydrogen-bond donors (Lipinski definition) is 0. The SMILES string of the molecule is CC(CC#N)C(=O)c1cncc2ccccc12. The van der Waals surface area contributed by atoms with Gasteiger partial charge in [-0.05, 0) is 5.39 Å². The zero-order valence-electron chi connectivity index (χ0n) is 9.55. The van der Waals surface area contributed by atoms with Crippen molar-refractivity contribution in [3.8, 4) is 6.07 Å². The normalized spacial score (nSPS) is 12.0. The van der Waals surface area contributed by atoms with Crippen LogP contribution in [-0.2, 0) is 0 Å². The van der Waals surface area contributed by atoms with Crippen LogP contribution in [0.15, 0.2) is 36.7 Å². The van der Waals surface area contributed by atoms with Gasteiger partial charge in [-0.2, -0.15) is 5.26 Å². The molecule has 0 amide bonds. The molecule has 0 aliphatic heterocycles. The summed E-state index contributed by atoms with van der Waals surface area (Å²) in [6.07, 6.45) is 3.56. The first-order valence-corrected chi connectivity index (χ1v) is 5.48. The molecule has 0 aliphatic carbocycles. The van der Waals surface area contributed by atoms with Crippen LogP contribution in [0.5, 0.6) is 0 Å². The Hall–Kier alpha value is -2.21. The number of benzene rings is 1. The minimum absolute atomic E-state index is 0.0177. The molecule has 3 heteroatoms. The predicted octanol–water partition coefficient (Wildman–Crippen LogP) is 2.97. The van der Waals surface area contributed by atoms with E-state index < -0.39 is 0 Å². The highest BCUT2D eigenvalue weighted by molar-refractivity contribution is 6.08. The molecule has 1 aromatic carbocycles. The monoisotopic (exact) mass is 224 g/mol. The average molecular weight is 224 g/mol. The van der Waals surface area contributed by atoms with Crippen molar-refractivity contribution in [2.75, 3.05) is 0 Å². The Balaban J connectivity index is 2.49. The van der Waals surface area contributed by atoms with Crippen LogP contribution in [0.1, 0.15) is 23.7 Å². The summed E-state index contributed by atoms with van der Waals surface area (Å²) in [5.41, 5.74) is 0.603. The molecule has 0 saturated carbocycles. The Bertz CT molecular complexity index is 593. The second-order valence-electron chi connectivity index (χ2n) is 4.04. The maximum Gasteiger partial charge on any atom is 0.168 e. The molecule has 0 aliphatic rings. The summed E-state index contributed by atoms with van der Waals surface area (Å²) in [7, 11) is 0. The number of hydrogen-bond acceptors (Lipinski definition) is 3. The number of carbonyl (C=O) groups is 1. The lowest BCUT2D eigenvalue weighted by molar-refractivity contribution is 0.0933. The summed E-state index contributed by atoms with van der Waals surface area (Å²) in [6.45, 7) is 1.77. The van der Waals surface area contributed by atoms with Crippen LogP contribution < -0.4 is 0 Å². The van der Waals surface area contributed by atoms with Crippen LogP contribution in [0.4, 0.5) is 0 Å². The first-order valence-electron chi connectivity index (χ1n) is 5.48. The van der Waals surface area contributed by atoms with Crippen molar-refractivity contribution in [1.82, 2.24) is 4.98 Å². The summed E-state index contributed by atoms with van der Waals surface area (Å²) < 4.78 is 0. The highest BCUT2D eigenvalue weighted by Crippen LogP contribution is 2.20. The first-order chi connectivity index (χ1) is 8.24. The van der Waals surface area contributed by atoms with Gasteiger partial charge in [0, 0.05) is 35.7 Å². The molecule has 0 fully saturated rings. The topological polar surface area (TPSA) is 53.8 Å². The van der Waals surface area contributed by atoms with Crippen LogP contribution in [0.25, 0.3) is 10.8 Å². The molecule has 0 saturated heterocycles. The Morgan fingerprint density at radius 1 is 1.41 bits per heavy atom. The van der Waals surface area contributed by atoms with Crippen LogP contribution in [0.3, 0.4) is 0 Å². The fraction of sp³-hybridized carbons (Fsp3) is 0.214. The van der Waals surface area contributed by atoms with Gasteiger partial charge in [0.25, 0.3) is 0 Å². The van der Waals surface area contributed by atoms with Crippen LogP contribution in [0.2, 0.25) is 0 Å². The van der Waals surface area contributed by atoms with E-state index in [9.17, 15) is 4.79 Å². The summed E-state index contributed by atoms with van der Waals surface area (Å²) >= 11 is 0. The highest BCUT2D eigenvalue weighted by Gasteiger charge is 2.17. The molecular weight excluding hydrogens is 212 g/mol. The summed E-state index contributed by atoms with van der Waals surface area (Å²) in [4.78, 5) is 16.2. The minimum Gasteiger partial charge on any atom is -0.294 e. The van der Waals surface area contributed by atoms with Gasteiger partial charge in [0.05, 0.1) is 6.07 Å². The molecule has 3 nitrogen and oxygen atoms in total. The van der Waals surface area contributed by atoms with Crippen molar-refractivity contribution in [2.24, 2.45) is 5.92 Å². The van der Waals surface area contributed by atoms with Crippen molar-refractivity contribution < 1.29 is 4.79 Å². The van der Waals surface area contributed by atoms with Gasteiger partial charge in [-0.1, -0.05) is 31.2 Å². The number of pyridine rings is 1. The lowest BCUT2D eigenvalue weighted by atomic mass is 9.95. The lowest BCUT2D eigenvalue weighted by Crippen LogP contribution is -2.11. The van der Waals surface area contributed by atoms with Crippen LogP contribution >= 0.6 is 0 Å². The predicted molar refractivity (Wildman–Crippen MR) is 65.5 cm³/mol. The second-order valence-corrected chi connectivity index (χ2v) is 4.04. The van der Waals surface area contributed by atoms with E-state index in [4.69, 9.17) is 5.26 Å². The Kier molecular flexibility index (Phi) is 3.15.